The van der Waals surface area contributed by atoms with Crippen LogP contribution >= 0.6 is 11.6 Å². The second-order valence-electron chi connectivity index (χ2n) is 4.44. The monoisotopic (exact) mass is 306 g/mol. The number of benzene rings is 2. The molecule has 21 heavy (non-hydrogen) atoms. The van der Waals surface area contributed by atoms with Crippen molar-refractivity contribution in [2.75, 3.05) is 5.88 Å². The van der Waals surface area contributed by atoms with Gasteiger partial charge in [-0.2, -0.15) is 0 Å². The average Bonchev–Trinajstić information content (AvgIpc) is 2.47. The highest BCUT2D eigenvalue weighted by atomic mass is 35.5. The maximum Gasteiger partial charge on any atom is 0.135 e. The summed E-state index contributed by atoms with van der Waals surface area (Å²) in [4.78, 5) is 0. The van der Waals surface area contributed by atoms with Crippen LogP contribution in [0.1, 0.15) is 16.7 Å². The molecule has 0 aromatic heterocycles. The summed E-state index contributed by atoms with van der Waals surface area (Å²) in [5, 5.41) is 0. The second kappa shape index (κ2) is 7.10. The van der Waals surface area contributed by atoms with E-state index in [1.165, 1.54) is 30.3 Å². The lowest BCUT2D eigenvalue weighted by Crippen LogP contribution is -2.00. The van der Waals surface area contributed by atoms with E-state index in [9.17, 15) is 8.78 Å². The van der Waals surface area contributed by atoms with Crippen molar-refractivity contribution in [2.24, 2.45) is 0 Å². The molecule has 0 fully saturated rings. The van der Waals surface area contributed by atoms with Gasteiger partial charge in [-0.3, -0.25) is 0 Å². The van der Waals surface area contributed by atoms with Gasteiger partial charge < -0.3 is 4.74 Å². The highest BCUT2D eigenvalue weighted by molar-refractivity contribution is 6.19. The van der Waals surface area contributed by atoms with Gasteiger partial charge in [-0.05, 0) is 48.4 Å². The molecule has 0 aliphatic rings. The topological polar surface area (TPSA) is 9.23 Å². The standard InChI is InChI=1S/C17H13ClF2O/c1-12-4-5-15(19)10-14(12)11-21-17-7-6-16(20)9-13(17)3-2-8-18/h4-7,9-10H,8,11H2,1H3. The molecule has 2 aromatic carbocycles. The Labute approximate surface area is 127 Å². The zero-order chi connectivity index (χ0) is 15.2. The third-order valence-electron chi connectivity index (χ3n) is 2.93. The van der Waals surface area contributed by atoms with E-state index < -0.39 is 5.82 Å². The molecule has 2 rings (SSSR count). The molecule has 0 atom stereocenters. The molecule has 0 radical (unpaired) electrons. The van der Waals surface area contributed by atoms with Crippen molar-refractivity contribution in [3.8, 4) is 17.6 Å². The first-order valence-electron chi connectivity index (χ1n) is 6.32. The fourth-order valence-corrected chi connectivity index (χ4v) is 1.87. The van der Waals surface area contributed by atoms with Crippen molar-refractivity contribution < 1.29 is 13.5 Å². The third-order valence-corrected chi connectivity index (χ3v) is 3.06. The first-order chi connectivity index (χ1) is 10.1. The summed E-state index contributed by atoms with van der Waals surface area (Å²) in [7, 11) is 0. The number of rotatable bonds is 3. The van der Waals surface area contributed by atoms with Gasteiger partial charge in [0.2, 0.25) is 0 Å². The molecule has 0 aliphatic heterocycles. The number of aryl methyl sites for hydroxylation is 1. The number of halogens is 3. The van der Waals surface area contributed by atoms with E-state index in [0.717, 1.165) is 11.1 Å². The fourth-order valence-electron chi connectivity index (χ4n) is 1.81. The molecule has 0 aliphatic carbocycles. The van der Waals surface area contributed by atoms with Crippen LogP contribution in [0.2, 0.25) is 0 Å². The molecule has 1 nitrogen and oxygen atoms in total. The Morgan fingerprint density at radius 2 is 1.81 bits per heavy atom. The van der Waals surface area contributed by atoms with Crippen molar-refractivity contribution >= 4 is 11.6 Å². The molecule has 0 spiro atoms. The molecule has 0 heterocycles. The summed E-state index contributed by atoms with van der Waals surface area (Å²) in [5.41, 5.74) is 2.08. The minimum Gasteiger partial charge on any atom is -0.488 e. The Hall–Kier alpha value is -2.05. The van der Waals surface area contributed by atoms with Crippen LogP contribution in [0.5, 0.6) is 5.75 Å². The molecule has 4 heteroatoms. The minimum atomic E-state index is -0.400. The predicted octanol–water partition coefficient (Wildman–Crippen LogP) is 4.44. The highest BCUT2D eigenvalue weighted by Crippen LogP contribution is 2.21. The van der Waals surface area contributed by atoms with Crippen LogP contribution in [0.15, 0.2) is 36.4 Å². The zero-order valence-electron chi connectivity index (χ0n) is 11.4. The van der Waals surface area contributed by atoms with Crippen molar-refractivity contribution in [1.29, 1.82) is 0 Å². The summed E-state index contributed by atoms with van der Waals surface area (Å²) < 4.78 is 32.1. The predicted molar refractivity (Wildman–Crippen MR) is 79.5 cm³/mol. The second-order valence-corrected chi connectivity index (χ2v) is 4.70. The van der Waals surface area contributed by atoms with E-state index in [1.807, 2.05) is 6.92 Å². The van der Waals surface area contributed by atoms with Gasteiger partial charge in [-0.15, -0.1) is 11.6 Å². The summed E-state index contributed by atoms with van der Waals surface area (Å²) in [6.07, 6.45) is 0. The average molecular weight is 307 g/mol. The summed E-state index contributed by atoms with van der Waals surface area (Å²) >= 11 is 5.50. The lowest BCUT2D eigenvalue weighted by molar-refractivity contribution is 0.303. The van der Waals surface area contributed by atoms with Gasteiger partial charge in [0.1, 0.15) is 24.0 Å². The lowest BCUT2D eigenvalue weighted by Gasteiger charge is -2.10. The van der Waals surface area contributed by atoms with Gasteiger partial charge in [-0.25, -0.2) is 8.78 Å². The SMILES string of the molecule is Cc1ccc(F)cc1COc1ccc(F)cc1C#CCCl. The van der Waals surface area contributed by atoms with Gasteiger partial charge in [0.05, 0.1) is 11.4 Å². The van der Waals surface area contributed by atoms with Crippen LogP contribution in [-0.4, -0.2) is 5.88 Å². The molecule has 0 saturated heterocycles. The van der Waals surface area contributed by atoms with Crippen LogP contribution in [0.3, 0.4) is 0 Å². The normalized spacial score (nSPS) is 9.90. The quantitative estimate of drug-likeness (QED) is 0.601. The number of hydrogen-bond acceptors (Lipinski definition) is 1. The highest BCUT2D eigenvalue weighted by Gasteiger charge is 2.06. The van der Waals surface area contributed by atoms with E-state index in [4.69, 9.17) is 16.3 Å². The first-order valence-corrected chi connectivity index (χ1v) is 6.86. The number of hydrogen-bond donors (Lipinski definition) is 0. The van der Waals surface area contributed by atoms with Crippen LogP contribution in [0.4, 0.5) is 8.78 Å². The Bertz CT molecular complexity index is 702. The molecule has 0 amide bonds. The van der Waals surface area contributed by atoms with Crippen LogP contribution in [0, 0.1) is 30.4 Å². The minimum absolute atomic E-state index is 0.152. The molecule has 0 N–H and O–H groups in total. The Kier molecular flexibility index (Phi) is 5.19. The van der Waals surface area contributed by atoms with Crippen molar-refractivity contribution in [2.45, 2.75) is 13.5 Å². The van der Waals surface area contributed by atoms with Crippen molar-refractivity contribution in [3.05, 3.63) is 64.7 Å². The van der Waals surface area contributed by atoms with Gasteiger partial charge in [0.15, 0.2) is 0 Å². The molecular weight excluding hydrogens is 294 g/mol. The Balaban J connectivity index is 2.21. The van der Waals surface area contributed by atoms with Gasteiger partial charge >= 0.3 is 0 Å². The Morgan fingerprint density at radius 1 is 1.10 bits per heavy atom. The zero-order valence-corrected chi connectivity index (χ0v) is 12.2. The maximum atomic E-state index is 13.2. The molecule has 0 saturated carbocycles. The summed E-state index contributed by atoms with van der Waals surface area (Å²) in [6, 6.07) is 8.58. The lowest BCUT2D eigenvalue weighted by atomic mass is 10.1. The maximum absolute atomic E-state index is 13.2. The Morgan fingerprint density at radius 3 is 2.57 bits per heavy atom. The third kappa shape index (κ3) is 4.21. The summed E-state index contributed by atoms with van der Waals surface area (Å²) in [6.45, 7) is 2.06. The van der Waals surface area contributed by atoms with Gasteiger partial charge in [0.25, 0.3) is 0 Å². The van der Waals surface area contributed by atoms with Crippen molar-refractivity contribution in [1.82, 2.24) is 0 Å². The van der Waals surface area contributed by atoms with Crippen LogP contribution in [-0.2, 0) is 6.61 Å². The van der Waals surface area contributed by atoms with Crippen LogP contribution in [0.25, 0.3) is 0 Å². The molecule has 108 valence electrons. The number of alkyl halides is 1. The fraction of sp³-hybridized carbons (Fsp3) is 0.176. The van der Waals surface area contributed by atoms with E-state index >= 15 is 0 Å². The largest absolute Gasteiger partial charge is 0.488 e. The molecular formula is C17H13ClF2O. The molecule has 2 aromatic rings. The van der Waals surface area contributed by atoms with Crippen molar-refractivity contribution in [3.63, 3.8) is 0 Å². The molecule has 0 bridgehead atoms. The van der Waals surface area contributed by atoms with Crippen LogP contribution < -0.4 is 4.74 Å². The summed E-state index contributed by atoms with van der Waals surface area (Å²) in [5.74, 6) is 5.28. The number of ether oxygens (including phenoxy) is 1. The van der Waals surface area contributed by atoms with E-state index in [-0.39, 0.29) is 18.3 Å². The van der Waals surface area contributed by atoms with E-state index in [1.54, 1.807) is 6.07 Å². The smallest absolute Gasteiger partial charge is 0.135 e. The van der Waals surface area contributed by atoms with Gasteiger partial charge in [-0.1, -0.05) is 17.9 Å². The molecule has 0 unspecified atom stereocenters. The van der Waals surface area contributed by atoms with E-state index in [0.29, 0.717) is 11.3 Å². The first kappa shape index (κ1) is 15.3. The van der Waals surface area contributed by atoms with E-state index in [2.05, 4.69) is 11.8 Å². The van der Waals surface area contributed by atoms with Gasteiger partial charge in [0, 0.05) is 0 Å².